The van der Waals surface area contributed by atoms with Gasteiger partial charge in [0.25, 0.3) is 0 Å². The van der Waals surface area contributed by atoms with Crippen LogP contribution in [0.15, 0.2) is 30.9 Å². The van der Waals surface area contributed by atoms with Crippen LogP contribution in [0.4, 0.5) is 0 Å². The molecule has 0 aliphatic rings. The Kier molecular flexibility index (Phi) is 4.04. The van der Waals surface area contributed by atoms with Gasteiger partial charge in [-0.1, -0.05) is 0 Å². The molecule has 2 rings (SSSR count). The third kappa shape index (κ3) is 2.66. The van der Waals surface area contributed by atoms with Gasteiger partial charge in [-0.15, -0.1) is 29.8 Å². The van der Waals surface area contributed by atoms with Gasteiger partial charge in [-0.3, -0.25) is 9.97 Å². The second kappa shape index (κ2) is 5.30. The van der Waals surface area contributed by atoms with Crippen molar-refractivity contribution < 1.29 is 20.1 Å². The van der Waals surface area contributed by atoms with Crippen molar-refractivity contribution in [1.82, 2.24) is 15.0 Å². The summed E-state index contributed by atoms with van der Waals surface area (Å²) >= 11 is 0. The van der Waals surface area contributed by atoms with Crippen LogP contribution in [0.2, 0.25) is 0 Å². The van der Waals surface area contributed by atoms with Crippen LogP contribution >= 0.6 is 0 Å². The summed E-state index contributed by atoms with van der Waals surface area (Å²) in [6.07, 6.45) is 2.82. The summed E-state index contributed by atoms with van der Waals surface area (Å²) in [5, 5.41) is 8.69. The topological polar surface area (TPSA) is 62.5 Å². The third-order valence-corrected chi connectivity index (χ3v) is 1.66. The minimum absolute atomic E-state index is 0. The first-order chi connectivity index (χ1) is 6.90. The first kappa shape index (κ1) is 11.4. The molecule has 0 spiro atoms. The molecule has 0 saturated heterocycles. The summed E-state index contributed by atoms with van der Waals surface area (Å²) in [6, 6.07) is 10.1. The van der Waals surface area contributed by atoms with Crippen LogP contribution < -0.4 is 0 Å². The van der Waals surface area contributed by atoms with Crippen LogP contribution in [0.5, 0.6) is 0 Å². The van der Waals surface area contributed by atoms with E-state index in [-0.39, 0.29) is 20.1 Å². The van der Waals surface area contributed by atoms with Crippen molar-refractivity contribution in [1.29, 1.82) is 5.26 Å². The summed E-state index contributed by atoms with van der Waals surface area (Å²) < 4.78 is 0. The molecule has 0 N–H and O–H groups in total. The number of nitriles is 1. The molecule has 1 heterocycles. The molecule has 0 fully saturated rings. The Morgan fingerprint density at radius 1 is 1.27 bits per heavy atom. The summed E-state index contributed by atoms with van der Waals surface area (Å²) in [6.45, 7) is 0. The van der Waals surface area contributed by atoms with Crippen LogP contribution in [-0.4, -0.2) is 15.0 Å². The fourth-order valence-electron chi connectivity index (χ4n) is 1.04. The minimum atomic E-state index is 0. The van der Waals surface area contributed by atoms with Gasteiger partial charge in [0, 0.05) is 20.1 Å². The van der Waals surface area contributed by atoms with E-state index in [1.54, 1.807) is 18.2 Å². The van der Waals surface area contributed by atoms with Crippen molar-refractivity contribution in [3.05, 3.63) is 42.5 Å². The fraction of sp³-hybridized carbons (Fsp3) is 0. The van der Waals surface area contributed by atoms with Crippen molar-refractivity contribution in [3.8, 4) is 17.5 Å². The molecular weight excluding hydrogens is 368 g/mol. The molecule has 0 atom stereocenters. The van der Waals surface area contributed by atoms with Crippen molar-refractivity contribution in [2.24, 2.45) is 0 Å². The van der Waals surface area contributed by atoms with Gasteiger partial charge in [0.2, 0.25) is 0 Å². The average molecular weight is 373 g/mol. The molecule has 0 bridgehead atoms. The molecule has 0 aliphatic carbocycles. The minimum Gasteiger partial charge on any atom is -0.266 e. The van der Waals surface area contributed by atoms with Crippen LogP contribution in [0, 0.1) is 17.4 Å². The van der Waals surface area contributed by atoms with E-state index in [1.807, 2.05) is 6.07 Å². The summed E-state index contributed by atoms with van der Waals surface area (Å²) in [5.41, 5.74) is 1.27. The van der Waals surface area contributed by atoms with Crippen molar-refractivity contribution in [2.45, 2.75) is 0 Å². The van der Waals surface area contributed by atoms with Gasteiger partial charge >= 0.3 is 0 Å². The third-order valence-electron chi connectivity index (χ3n) is 1.66. The summed E-state index contributed by atoms with van der Waals surface area (Å²) in [5.74, 6) is 0.525. The van der Waals surface area contributed by atoms with E-state index in [4.69, 9.17) is 5.26 Å². The van der Waals surface area contributed by atoms with Gasteiger partial charge in [-0.05, 0) is 5.56 Å². The first-order valence-electron chi connectivity index (χ1n) is 3.94. The van der Waals surface area contributed by atoms with Crippen molar-refractivity contribution in [3.63, 3.8) is 0 Å². The van der Waals surface area contributed by atoms with E-state index in [9.17, 15) is 0 Å². The molecule has 5 heteroatoms. The normalized spacial score (nSPS) is 8.73. The number of rotatable bonds is 1. The maximum absolute atomic E-state index is 8.69. The van der Waals surface area contributed by atoms with Crippen LogP contribution in [0.3, 0.4) is 0 Å². The molecule has 2 aromatic rings. The van der Waals surface area contributed by atoms with E-state index in [2.05, 4.69) is 21.0 Å². The zero-order chi connectivity index (χ0) is 9.80. The molecule has 1 aromatic carbocycles. The van der Waals surface area contributed by atoms with E-state index < -0.39 is 0 Å². The van der Waals surface area contributed by atoms with Crippen LogP contribution in [-0.2, 0) is 20.1 Å². The largest absolute Gasteiger partial charge is 0.266 e. The van der Waals surface area contributed by atoms with Crippen molar-refractivity contribution >= 4 is 0 Å². The van der Waals surface area contributed by atoms with E-state index in [0.29, 0.717) is 17.0 Å². The number of hydrogen-bond donors (Lipinski definition) is 0. The molecule has 0 unspecified atom stereocenters. The van der Waals surface area contributed by atoms with Gasteiger partial charge in [0.15, 0.2) is 0 Å². The van der Waals surface area contributed by atoms with Crippen LogP contribution in [0.25, 0.3) is 11.4 Å². The van der Waals surface area contributed by atoms with Gasteiger partial charge in [0.05, 0.1) is 11.9 Å². The molecule has 0 aliphatic heterocycles. The average Bonchev–Trinajstić information content (AvgIpc) is 2.30. The Balaban J connectivity index is 0.00000112. The molecule has 0 saturated carbocycles. The van der Waals surface area contributed by atoms with E-state index in [0.717, 1.165) is 0 Å². The number of benzene rings is 1. The predicted octanol–water partition coefficient (Wildman–Crippen LogP) is 1.21. The molecule has 0 amide bonds. The standard InChI is InChI=1S/C10H5N4.Ir/c11-5-8-2-1-3-9(4-8)10-13-6-12-7-14-10;/h1-2,4,6-7H;/q-1;. The number of aromatic nitrogens is 3. The predicted molar refractivity (Wildman–Crippen MR) is 48.8 cm³/mol. The second-order valence-electron chi connectivity index (χ2n) is 2.56. The maximum atomic E-state index is 8.69. The van der Waals surface area contributed by atoms with Crippen molar-refractivity contribution in [2.75, 3.05) is 0 Å². The Labute approximate surface area is 100 Å². The SMILES string of the molecule is N#Cc1cc[c-]c(-c2ncncn2)c1.[Ir]. The molecular formula is C10H5IrN4-. The quantitative estimate of drug-likeness (QED) is 0.705. The fourth-order valence-corrected chi connectivity index (χ4v) is 1.04. The molecule has 75 valence electrons. The Bertz CT molecular complexity index is 478. The summed E-state index contributed by atoms with van der Waals surface area (Å²) in [7, 11) is 0. The Morgan fingerprint density at radius 2 is 2.00 bits per heavy atom. The first-order valence-corrected chi connectivity index (χ1v) is 3.94. The van der Waals surface area contributed by atoms with Gasteiger partial charge in [-0.25, -0.2) is 4.98 Å². The molecule has 4 nitrogen and oxygen atoms in total. The van der Waals surface area contributed by atoms with Gasteiger partial charge in [-0.2, -0.15) is 5.26 Å². The zero-order valence-corrected chi connectivity index (χ0v) is 9.90. The number of hydrogen-bond acceptors (Lipinski definition) is 4. The molecule has 1 aromatic heterocycles. The maximum Gasteiger partial charge on any atom is 0.108 e. The number of nitrogens with zero attached hydrogens (tertiary/aromatic N) is 4. The molecule has 1 radical (unpaired) electrons. The zero-order valence-electron chi connectivity index (χ0n) is 7.51. The Hall–Kier alpha value is -1.63. The van der Waals surface area contributed by atoms with E-state index in [1.165, 1.54) is 12.7 Å². The van der Waals surface area contributed by atoms with Gasteiger partial charge in [0.1, 0.15) is 12.7 Å². The van der Waals surface area contributed by atoms with E-state index >= 15 is 0 Å². The Morgan fingerprint density at radius 3 is 2.67 bits per heavy atom. The molecule has 15 heavy (non-hydrogen) atoms. The van der Waals surface area contributed by atoms with Gasteiger partial charge < -0.3 is 0 Å². The monoisotopic (exact) mass is 374 g/mol. The second-order valence-corrected chi connectivity index (χ2v) is 2.56. The smallest absolute Gasteiger partial charge is 0.108 e. The summed E-state index contributed by atoms with van der Waals surface area (Å²) in [4.78, 5) is 11.6. The van der Waals surface area contributed by atoms with Crippen LogP contribution in [0.1, 0.15) is 5.56 Å².